The minimum absolute atomic E-state index is 0.316. The molecular formula is C20H16F8N2O4. The Labute approximate surface area is 186 Å². The van der Waals surface area contributed by atoms with E-state index < -0.39 is 46.9 Å². The van der Waals surface area contributed by atoms with Crippen LogP contribution in [0.15, 0.2) is 48.5 Å². The van der Waals surface area contributed by atoms with Crippen molar-refractivity contribution in [3.05, 3.63) is 48.5 Å². The molecule has 0 spiro atoms. The number of carbonyl (C=O) groups is 2. The van der Waals surface area contributed by atoms with Gasteiger partial charge >= 0.3 is 35.5 Å². The van der Waals surface area contributed by atoms with E-state index in [0.717, 1.165) is 50.6 Å². The van der Waals surface area contributed by atoms with Crippen molar-refractivity contribution < 1.29 is 54.2 Å². The first-order valence-electron chi connectivity index (χ1n) is 9.05. The normalized spacial score (nSPS) is 12.6. The summed E-state index contributed by atoms with van der Waals surface area (Å²) in [6.07, 6.45) is 0. The molecule has 14 heteroatoms. The van der Waals surface area contributed by atoms with Gasteiger partial charge in [0.05, 0.1) is 25.6 Å². The van der Waals surface area contributed by atoms with Crippen molar-refractivity contribution in [2.45, 2.75) is 23.7 Å². The highest BCUT2D eigenvalue weighted by Crippen LogP contribution is 2.53. The standard InChI is InChI=1S/C20H16F8N2O4/c1-33-13-9-5-3-7-11(13)29-15(31)17(21,22)19(25,26)20(27,28)18(23,24)16(32)30-12-8-4-6-10-14(12)34-2/h3-10H,1-2H3,(H,29,31)(H,30,32). The van der Waals surface area contributed by atoms with Gasteiger partial charge in [-0.3, -0.25) is 9.59 Å². The summed E-state index contributed by atoms with van der Waals surface area (Å²) < 4.78 is 123. The Bertz CT molecular complexity index is 979. The van der Waals surface area contributed by atoms with Gasteiger partial charge in [0.1, 0.15) is 11.5 Å². The fraction of sp³-hybridized carbons (Fsp3) is 0.300. The van der Waals surface area contributed by atoms with Crippen molar-refractivity contribution in [1.82, 2.24) is 0 Å². The number of methoxy groups -OCH3 is 2. The van der Waals surface area contributed by atoms with Crippen LogP contribution in [0, 0.1) is 0 Å². The summed E-state index contributed by atoms with van der Waals surface area (Å²) in [5.41, 5.74) is -1.26. The predicted octanol–water partition coefficient (Wildman–Crippen LogP) is 4.82. The summed E-state index contributed by atoms with van der Waals surface area (Å²) in [6.45, 7) is 0. The van der Waals surface area contributed by atoms with Gasteiger partial charge in [0.25, 0.3) is 0 Å². The summed E-state index contributed by atoms with van der Waals surface area (Å²) in [7, 11) is 2.04. The number of amides is 2. The quantitative estimate of drug-likeness (QED) is 0.484. The van der Waals surface area contributed by atoms with Crippen molar-refractivity contribution in [1.29, 1.82) is 0 Å². The minimum Gasteiger partial charge on any atom is -0.495 e. The molecule has 2 aromatic carbocycles. The first-order chi connectivity index (χ1) is 15.6. The van der Waals surface area contributed by atoms with E-state index in [9.17, 15) is 44.7 Å². The van der Waals surface area contributed by atoms with Crippen molar-refractivity contribution in [2.75, 3.05) is 24.9 Å². The topological polar surface area (TPSA) is 76.7 Å². The maximum atomic E-state index is 14.2. The number of rotatable bonds is 9. The number of anilines is 2. The lowest BCUT2D eigenvalue weighted by Crippen LogP contribution is -2.67. The number of benzene rings is 2. The summed E-state index contributed by atoms with van der Waals surface area (Å²) in [5, 5.41) is 2.45. The minimum atomic E-state index is -7.02. The highest BCUT2D eigenvalue weighted by atomic mass is 19.4. The van der Waals surface area contributed by atoms with Gasteiger partial charge in [-0.2, -0.15) is 35.1 Å². The largest absolute Gasteiger partial charge is 0.495 e. The van der Waals surface area contributed by atoms with Crippen molar-refractivity contribution in [3.8, 4) is 11.5 Å². The Hall–Kier alpha value is -3.58. The third kappa shape index (κ3) is 4.43. The van der Waals surface area contributed by atoms with Gasteiger partial charge in [-0.1, -0.05) is 24.3 Å². The molecule has 0 aliphatic heterocycles. The number of nitrogens with one attached hydrogen (secondary N) is 2. The Morgan fingerprint density at radius 2 is 0.912 bits per heavy atom. The molecule has 0 aliphatic rings. The zero-order chi connectivity index (χ0) is 25.9. The summed E-state index contributed by atoms with van der Waals surface area (Å²) in [5.74, 6) is -33.5. The summed E-state index contributed by atoms with van der Waals surface area (Å²) in [6, 6.07) is 8.93. The molecule has 0 saturated carbocycles. The lowest BCUT2D eigenvalue weighted by atomic mass is 9.97. The maximum absolute atomic E-state index is 14.2. The molecule has 0 saturated heterocycles. The van der Waals surface area contributed by atoms with Gasteiger partial charge < -0.3 is 20.1 Å². The van der Waals surface area contributed by atoms with Crippen LogP contribution in [0.2, 0.25) is 0 Å². The van der Waals surface area contributed by atoms with Crippen molar-refractivity contribution >= 4 is 23.2 Å². The molecule has 0 radical (unpaired) electrons. The number of halogens is 8. The van der Waals surface area contributed by atoms with E-state index in [0.29, 0.717) is 0 Å². The van der Waals surface area contributed by atoms with Gasteiger partial charge in [0.2, 0.25) is 0 Å². The van der Waals surface area contributed by atoms with Crippen LogP contribution in [-0.4, -0.2) is 49.7 Å². The smallest absolute Gasteiger partial charge is 0.393 e. The molecule has 0 bridgehead atoms. The number of alkyl halides is 8. The predicted molar refractivity (Wildman–Crippen MR) is 103 cm³/mol. The molecule has 0 unspecified atom stereocenters. The number of para-hydroxylation sites is 4. The van der Waals surface area contributed by atoms with Gasteiger partial charge in [0, 0.05) is 0 Å². The highest BCUT2D eigenvalue weighted by molar-refractivity contribution is 6.00. The molecule has 0 fully saturated rings. The van der Waals surface area contributed by atoms with E-state index in [2.05, 4.69) is 0 Å². The maximum Gasteiger partial charge on any atom is 0.393 e. The van der Waals surface area contributed by atoms with E-state index in [1.165, 1.54) is 22.8 Å². The van der Waals surface area contributed by atoms with Crippen LogP contribution in [0.3, 0.4) is 0 Å². The fourth-order valence-corrected chi connectivity index (χ4v) is 2.58. The second kappa shape index (κ2) is 9.35. The van der Waals surface area contributed by atoms with E-state index in [1.807, 2.05) is 0 Å². The Kier molecular flexibility index (Phi) is 7.33. The van der Waals surface area contributed by atoms with E-state index >= 15 is 0 Å². The monoisotopic (exact) mass is 500 g/mol. The van der Waals surface area contributed by atoms with Gasteiger partial charge in [-0.15, -0.1) is 0 Å². The average Bonchev–Trinajstić information content (AvgIpc) is 2.79. The molecule has 0 aliphatic carbocycles. The third-order valence-corrected chi connectivity index (χ3v) is 4.46. The Balaban J connectivity index is 2.37. The second-order valence-electron chi connectivity index (χ2n) is 6.61. The number of hydrogen-bond donors (Lipinski definition) is 2. The molecule has 2 aromatic rings. The fourth-order valence-electron chi connectivity index (χ4n) is 2.58. The first kappa shape index (κ1) is 26.7. The molecule has 2 N–H and O–H groups in total. The molecule has 2 rings (SSSR count). The molecule has 0 heterocycles. The third-order valence-electron chi connectivity index (χ3n) is 4.46. The molecule has 186 valence electrons. The lowest BCUT2D eigenvalue weighted by molar-refractivity contribution is -0.345. The van der Waals surface area contributed by atoms with Gasteiger partial charge in [-0.25, -0.2) is 0 Å². The first-order valence-corrected chi connectivity index (χ1v) is 9.05. The number of ether oxygens (including phenoxy) is 2. The zero-order valence-corrected chi connectivity index (χ0v) is 17.3. The van der Waals surface area contributed by atoms with Crippen molar-refractivity contribution in [3.63, 3.8) is 0 Å². The van der Waals surface area contributed by atoms with E-state index in [-0.39, 0.29) is 11.5 Å². The SMILES string of the molecule is COc1ccccc1NC(=O)C(F)(F)C(F)(F)C(F)(F)C(F)(F)C(=O)Nc1ccccc1OC. The van der Waals surface area contributed by atoms with Crippen LogP contribution >= 0.6 is 0 Å². The molecule has 2 amide bonds. The van der Waals surface area contributed by atoms with E-state index in [4.69, 9.17) is 9.47 Å². The Morgan fingerprint density at radius 3 is 1.21 bits per heavy atom. The molecule has 0 aromatic heterocycles. The Morgan fingerprint density at radius 1 is 0.618 bits per heavy atom. The molecule has 34 heavy (non-hydrogen) atoms. The van der Waals surface area contributed by atoms with Crippen LogP contribution in [0.5, 0.6) is 11.5 Å². The average molecular weight is 500 g/mol. The van der Waals surface area contributed by atoms with Crippen molar-refractivity contribution in [2.24, 2.45) is 0 Å². The van der Waals surface area contributed by atoms with Gasteiger partial charge in [0.15, 0.2) is 0 Å². The molecule has 0 atom stereocenters. The van der Waals surface area contributed by atoms with Crippen LogP contribution in [0.4, 0.5) is 46.5 Å². The molecule has 6 nitrogen and oxygen atoms in total. The summed E-state index contributed by atoms with van der Waals surface area (Å²) in [4.78, 5) is 23.6. The second-order valence-corrected chi connectivity index (χ2v) is 6.61. The van der Waals surface area contributed by atoms with Gasteiger partial charge in [-0.05, 0) is 24.3 Å². The van der Waals surface area contributed by atoms with Crippen LogP contribution in [0.25, 0.3) is 0 Å². The lowest BCUT2D eigenvalue weighted by Gasteiger charge is -2.35. The molecular weight excluding hydrogens is 484 g/mol. The zero-order valence-electron chi connectivity index (χ0n) is 17.3. The highest BCUT2D eigenvalue weighted by Gasteiger charge is 2.84. The van der Waals surface area contributed by atoms with Crippen LogP contribution < -0.4 is 20.1 Å². The number of hydrogen-bond acceptors (Lipinski definition) is 4. The number of carbonyl (C=O) groups excluding carboxylic acids is 2. The van der Waals surface area contributed by atoms with E-state index in [1.54, 1.807) is 0 Å². The summed E-state index contributed by atoms with van der Waals surface area (Å²) >= 11 is 0. The van der Waals surface area contributed by atoms with Crippen LogP contribution in [0.1, 0.15) is 0 Å². The van der Waals surface area contributed by atoms with Crippen LogP contribution in [-0.2, 0) is 9.59 Å².